The van der Waals surface area contributed by atoms with Crippen LogP contribution in [0, 0.1) is 17.0 Å². The van der Waals surface area contributed by atoms with Gasteiger partial charge in [0.25, 0.3) is 5.69 Å². The first-order chi connectivity index (χ1) is 13.3. The topological polar surface area (TPSA) is 122 Å². The fourth-order valence-electron chi connectivity index (χ4n) is 2.99. The predicted octanol–water partition coefficient (Wildman–Crippen LogP) is 2.48. The lowest BCUT2D eigenvalue weighted by atomic mass is 10.1. The Morgan fingerprint density at radius 3 is 2.64 bits per heavy atom. The van der Waals surface area contributed by atoms with Crippen molar-refractivity contribution in [2.75, 3.05) is 11.9 Å². The summed E-state index contributed by atoms with van der Waals surface area (Å²) in [4.78, 5) is 36.7. The number of non-ortho nitro benzene ring substituents is 1. The Balaban J connectivity index is 1.75. The molecule has 1 fully saturated rings. The van der Waals surface area contributed by atoms with Gasteiger partial charge in [0.2, 0.25) is 5.91 Å². The Hall–Kier alpha value is -3.46. The number of carbonyl (C=O) groups is 2. The number of aryl methyl sites for hydroxylation is 1. The fraction of sp³-hybridized carbons (Fsp3) is 0.263. The first kappa shape index (κ1) is 19.3. The van der Waals surface area contributed by atoms with Crippen molar-refractivity contribution in [3.05, 3.63) is 64.2 Å². The predicted molar refractivity (Wildman–Crippen MR) is 100 cm³/mol. The van der Waals surface area contributed by atoms with Gasteiger partial charge in [-0.3, -0.25) is 19.8 Å². The molecule has 2 aromatic rings. The number of β-amino-alcohol motifs (C(OH)–C–C–N with tert-alkyl or cyclic N) is 1. The molecule has 2 N–H and O–H groups in total. The Morgan fingerprint density at radius 1 is 1.25 bits per heavy atom. The lowest BCUT2D eigenvalue weighted by Gasteiger charge is -2.23. The van der Waals surface area contributed by atoms with Gasteiger partial charge in [-0.15, -0.1) is 0 Å². The standard InChI is InChI=1S/C19H19N3O6/c1-12-7-8-13(22(26)27)9-16(12)20-18(24)17-10-14(23)11-21(17)19(25)28-15-5-3-2-4-6-15/h2-9,14,17,23H,10-11H2,1H3,(H,20,24)/t14-,17-/m0/s1. The third-order valence-electron chi connectivity index (χ3n) is 4.45. The number of aliphatic hydroxyl groups excluding tert-OH is 1. The van der Waals surface area contributed by atoms with Gasteiger partial charge >= 0.3 is 6.09 Å². The molecule has 28 heavy (non-hydrogen) atoms. The second kappa shape index (κ2) is 8.05. The number of hydrogen-bond donors (Lipinski definition) is 2. The van der Waals surface area contributed by atoms with Crippen molar-refractivity contribution in [1.82, 2.24) is 4.90 Å². The van der Waals surface area contributed by atoms with Crippen LogP contribution in [0.4, 0.5) is 16.2 Å². The monoisotopic (exact) mass is 385 g/mol. The van der Waals surface area contributed by atoms with E-state index >= 15 is 0 Å². The summed E-state index contributed by atoms with van der Waals surface area (Å²) in [6.07, 6.45) is -1.58. The highest BCUT2D eigenvalue weighted by molar-refractivity contribution is 5.97. The van der Waals surface area contributed by atoms with Crippen LogP contribution in [0.2, 0.25) is 0 Å². The second-order valence-corrected chi connectivity index (χ2v) is 6.48. The molecule has 0 spiro atoms. The fourth-order valence-corrected chi connectivity index (χ4v) is 2.99. The molecule has 1 aliphatic heterocycles. The van der Waals surface area contributed by atoms with Crippen molar-refractivity contribution in [3.8, 4) is 5.75 Å². The largest absolute Gasteiger partial charge is 0.416 e. The number of carbonyl (C=O) groups excluding carboxylic acids is 2. The summed E-state index contributed by atoms with van der Waals surface area (Å²) >= 11 is 0. The molecule has 9 heteroatoms. The minimum Gasteiger partial charge on any atom is -0.410 e. The first-order valence-electron chi connectivity index (χ1n) is 8.62. The molecule has 1 heterocycles. The van der Waals surface area contributed by atoms with Gasteiger partial charge in [-0.1, -0.05) is 24.3 Å². The number of aliphatic hydroxyl groups is 1. The summed E-state index contributed by atoms with van der Waals surface area (Å²) in [6, 6.07) is 11.6. The zero-order valence-electron chi connectivity index (χ0n) is 15.1. The molecule has 2 aromatic carbocycles. The molecular formula is C19H19N3O6. The number of nitro benzene ring substituents is 1. The van der Waals surface area contributed by atoms with Crippen LogP contribution in [0.15, 0.2) is 48.5 Å². The number of likely N-dealkylation sites (tertiary alicyclic amines) is 1. The van der Waals surface area contributed by atoms with E-state index in [1.165, 1.54) is 18.2 Å². The van der Waals surface area contributed by atoms with E-state index in [1.807, 2.05) is 0 Å². The number of nitrogens with one attached hydrogen (secondary N) is 1. The SMILES string of the molecule is Cc1ccc([N+](=O)[O-])cc1NC(=O)[C@@H]1C[C@H](O)CN1C(=O)Oc1ccccc1. The van der Waals surface area contributed by atoms with Crippen LogP contribution in [0.25, 0.3) is 0 Å². The summed E-state index contributed by atoms with van der Waals surface area (Å²) in [7, 11) is 0. The summed E-state index contributed by atoms with van der Waals surface area (Å²) in [5.41, 5.74) is 0.751. The summed E-state index contributed by atoms with van der Waals surface area (Å²) in [6.45, 7) is 1.65. The van der Waals surface area contributed by atoms with Gasteiger partial charge in [0.1, 0.15) is 11.8 Å². The Morgan fingerprint density at radius 2 is 1.96 bits per heavy atom. The van der Waals surface area contributed by atoms with Crippen LogP contribution >= 0.6 is 0 Å². The zero-order chi connectivity index (χ0) is 20.3. The second-order valence-electron chi connectivity index (χ2n) is 6.48. The number of hydrogen-bond acceptors (Lipinski definition) is 6. The van der Waals surface area contributed by atoms with Gasteiger partial charge in [-0.25, -0.2) is 4.79 Å². The third-order valence-corrected chi connectivity index (χ3v) is 4.45. The van der Waals surface area contributed by atoms with Crippen molar-refractivity contribution in [2.24, 2.45) is 0 Å². The molecule has 0 radical (unpaired) electrons. The minimum absolute atomic E-state index is 0.0440. The molecule has 0 bridgehead atoms. The molecule has 146 valence electrons. The highest BCUT2D eigenvalue weighted by atomic mass is 16.6. The first-order valence-corrected chi connectivity index (χ1v) is 8.62. The number of benzene rings is 2. The van der Waals surface area contributed by atoms with E-state index < -0.39 is 29.1 Å². The molecule has 1 aliphatic rings. The maximum absolute atomic E-state index is 12.7. The quantitative estimate of drug-likeness (QED) is 0.616. The van der Waals surface area contributed by atoms with Crippen molar-refractivity contribution >= 4 is 23.4 Å². The maximum Gasteiger partial charge on any atom is 0.416 e. The molecule has 0 saturated carbocycles. The van der Waals surface area contributed by atoms with Gasteiger partial charge in [0.15, 0.2) is 0 Å². The van der Waals surface area contributed by atoms with Crippen LogP contribution in [0.1, 0.15) is 12.0 Å². The lowest BCUT2D eigenvalue weighted by Crippen LogP contribution is -2.44. The zero-order valence-corrected chi connectivity index (χ0v) is 15.1. The number of nitrogens with zero attached hydrogens (tertiary/aromatic N) is 2. The highest BCUT2D eigenvalue weighted by Gasteiger charge is 2.40. The van der Waals surface area contributed by atoms with Crippen LogP contribution in [-0.4, -0.2) is 45.6 Å². The van der Waals surface area contributed by atoms with Crippen molar-refractivity contribution in [2.45, 2.75) is 25.5 Å². The Bertz CT molecular complexity index is 902. The summed E-state index contributed by atoms with van der Waals surface area (Å²) in [5.74, 6) is -0.229. The van der Waals surface area contributed by atoms with Gasteiger partial charge in [-0.2, -0.15) is 0 Å². The molecule has 1 saturated heterocycles. The number of para-hydroxylation sites is 1. The van der Waals surface area contributed by atoms with E-state index in [1.54, 1.807) is 37.3 Å². The molecule has 2 atom stereocenters. The summed E-state index contributed by atoms with van der Waals surface area (Å²) < 4.78 is 5.26. The van der Waals surface area contributed by atoms with Crippen molar-refractivity contribution in [1.29, 1.82) is 0 Å². The number of rotatable bonds is 4. The molecule has 9 nitrogen and oxygen atoms in total. The van der Waals surface area contributed by atoms with E-state index in [0.717, 1.165) is 4.90 Å². The molecule has 0 aliphatic carbocycles. The van der Waals surface area contributed by atoms with Crippen molar-refractivity contribution < 1.29 is 24.4 Å². The van der Waals surface area contributed by atoms with E-state index in [9.17, 15) is 24.8 Å². The van der Waals surface area contributed by atoms with E-state index in [-0.39, 0.29) is 24.3 Å². The minimum atomic E-state index is -0.954. The molecular weight excluding hydrogens is 366 g/mol. The average molecular weight is 385 g/mol. The van der Waals surface area contributed by atoms with Gasteiger partial charge in [-0.05, 0) is 24.6 Å². The van der Waals surface area contributed by atoms with Crippen LogP contribution in [0.3, 0.4) is 0 Å². The van der Waals surface area contributed by atoms with Gasteiger partial charge in [0.05, 0.1) is 23.3 Å². The molecule has 2 amide bonds. The van der Waals surface area contributed by atoms with Crippen LogP contribution < -0.4 is 10.1 Å². The summed E-state index contributed by atoms with van der Waals surface area (Å²) in [5, 5.41) is 23.5. The normalized spacial score (nSPS) is 18.6. The number of ether oxygens (including phenoxy) is 1. The smallest absolute Gasteiger partial charge is 0.410 e. The van der Waals surface area contributed by atoms with Gasteiger partial charge < -0.3 is 15.2 Å². The lowest BCUT2D eigenvalue weighted by molar-refractivity contribution is -0.384. The third kappa shape index (κ3) is 4.26. The molecule has 0 aromatic heterocycles. The van der Waals surface area contributed by atoms with E-state index in [4.69, 9.17) is 4.74 Å². The van der Waals surface area contributed by atoms with Crippen molar-refractivity contribution in [3.63, 3.8) is 0 Å². The van der Waals surface area contributed by atoms with Gasteiger partial charge in [0, 0.05) is 18.6 Å². The maximum atomic E-state index is 12.7. The van der Waals surface area contributed by atoms with Crippen LogP contribution in [-0.2, 0) is 4.79 Å². The number of anilines is 1. The molecule has 0 unspecified atom stereocenters. The average Bonchev–Trinajstić information content (AvgIpc) is 3.06. The molecule has 3 rings (SSSR count). The number of nitro groups is 1. The Kier molecular flexibility index (Phi) is 5.55. The number of amides is 2. The highest BCUT2D eigenvalue weighted by Crippen LogP contribution is 2.25. The Labute approximate surface area is 160 Å². The van der Waals surface area contributed by atoms with Crippen LogP contribution in [0.5, 0.6) is 5.75 Å². The van der Waals surface area contributed by atoms with E-state index in [2.05, 4.69) is 5.32 Å². The van der Waals surface area contributed by atoms with E-state index in [0.29, 0.717) is 11.3 Å².